The summed E-state index contributed by atoms with van der Waals surface area (Å²) in [6.45, 7) is 8.22. The average Bonchev–Trinajstić information content (AvgIpc) is 2.74. The number of hydrogen-bond donors (Lipinski definition) is 1. The Balaban J connectivity index is 2.33. The second kappa shape index (κ2) is 3.34. The molecular formula is C14H18O2. The fraction of sp³-hybridized carbons (Fsp3) is 0.500. The van der Waals surface area contributed by atoms with Crippen molar-refractivity contribution in [2.45, 2.75) is 33.6 Å². The summed E-state index contributed by atoms with van der Waals surface area (Å²) in [5, 5.41) is 9.14. The molecule has 1 aromatic carbocycles. The fourth-order valence-electron chi connectivity index (χ4n) is 2.68. The lowest BCUT2D eigenvalue weighted by atomic mass is 9.99. The van der Waals surface area contributed by atoms with E-state index in [1.165, 1.54) is 16.7 Å². The zero-order chi connectivity index (χ0) is 12.1. The Hall–Kier alpha value is -1.31. The van der Waals surface area contributed by atoms with Crippen molar-refractivity contribution in [1.29, 1.82) is 0 Å². The van der Waals surface area contributed by atoms with Crippen molar-refractivity contribution in [2.75, 3.05) is 0 Å². The van der Waals surface area contributed by atoms with Gasteiger partial charge in [-0.05, 0) is 36.0 Å². The molecule has 2 rings (SSSR count). The Kier molecular flexibility index (Phi) is 2.33. The summed E-state index contributed by atoms with van der Waals surface area (Å²) >= 11 is 0. The van der Waals surface area contributed by atoms with Crippen LogP contribution in [0.2, 0.25) is 0 Å². The van der Waals surface area contributed by atoms with E-state index in [4.69, 9.17) is 5.11 Å². The number of benzene rings is 1. The van der Waals surface area contributed by atoms with Gasteiger partial charge in [0.25, 0.3) is 0 Å². The van der Waals surface area contributed by atoms with Crippen LogP contribution in [0.5, 0.6) is 0 Å². The molecular weight excluding hydrogens is 200 g/mol. The molecule has 0 heterocycles. The van der Waals surface area contributed by atoms with Gasteiger partial charge in [0, 0.05) is 5.92 Å². The lowest BCUT2D eigenvalue weighted by molar-refractivity contribution is -0.139. The van der Waals surface area contributed by atoms with Gasteiger partial charge in [0.05, 0.1) is 5.92 Å². The molecule has 0 amide bonds. The van der Waals surface area contributed by atoms with E-state index in [2.05, 4.69) is 32.0 Å². The van der Waals surface area contributed by atoms with Crippen LogP contribution in [-0.2, 0) is 4.79 Å². The average molecular weight is 218 g/mol. The van der Waals surface area contributed by atoms with E-state index in [-0.39, 0.29) is 17.3 Å². The van der Waals surface area contributed by atoms with Crippen LogP contribution in [0.25, 0.3) is 0 Å². The van der Waals surface area contributed by atoms with Gasteiger partial charge in [-0.25, -0.2) is 0 Å². The topological polar surface area (TPSA) is 37.3 Å². The van der Waals surface area contributed by atoms with Crippen LogP contribution < -0.4 is 0 Å². The van der Waals surface area contributed by atoms with E-state index in [9.17, 15) is 4.79 Å². The summed E-state index contributed by atoms with van der Waals surface area (Å²) in [6.07, 6.45) is 0. The Labute approximate surface area is 96.3 Å². The predicted molar refractivity (Wildman–Crippen MR) is 63.6 cm³/mol. The van der Waals surface area contributed by atoms with Crippen LogP contribution in [0.15, 0.2) is 18.2 Å². The quantitative estimate of drug-likeness (QED) is 0.828. The molecule has 0 aromatic heterocycles. The number of aryl methyl sites for hydroxylation is 2. The van der Waals surface area contributed by atoms with Gasteiger partial charge < -0.3 is 5.11 Å². The van der Waals surface area contributed by atoms with E-state index >= 15 is 0 Å². The van der Waals surface area contributed by atoms with Crippen molar-refractivity contribution in [3.8, 4) is 0 Å². The van der Waals surface area contributed by atoms with Gasteiger partial charge >= 0.3 is 5.97 Å². The molecule has 1 saturated carbocycles. The third-order valence-electron chi connectivity index (χ3n) is 3.98. The molecule has 2 unspecified atom stereocenters. The van der Waals surface area contributed by atoms with E-state index in [0.29, 0.717) is 0 Å². The standard InChI is InChI=1S/C14H18O2/c1-8-5-6-10(7-9(8)2)11-12(13(15)16)14(11,3)4/h5-7,11-12H,1-4H3,(H,15,16). The summed E-state index contributed by atoms with van der Waals surface area (Å²) in [4.78, 5) is 11.1. The first kappa shape index (κ1) is 11.2. The van der Waals surface area contributed by atoms with E-state index in [1.807, 2.05) is 13.8 Å². The van der Waals surface area contributed by atoms with Crippen LogP contribution in [0, 0.1) is 25.2 Å². The van der Waals surface area contributed by atoms with Gasteiger partial charge in [0.1, 0.15) is 0 Å². The highest BCUT2D eigenvalue weighted by Crippen LogP contribution is 2.64. The number of carboxylic acids is 1. The Bertz CT molecular complexity index is 446. The molecule has 0 spiro atoms. The fourth-order valence-corrected chi connectivity index (χ4v) is 2.68. The summed E-state index contributed by atoms with van der Waals surface area (Å²) in [7, 11) is 0. The Morgan fingerprint density at radius 2 is 1.88 bits per heavy atom. The first-order valence-corrected chi connectivity index (χ1v) is 5.65. The molecule has 2 nitrogen and oxygen atoms in total. The van der Waals surface area contributed by atoms with Crippen LogP contribution in [-0.4, -0.2) is 11.1 Å². The van der Waals surface area contributed by atoms with Crippen LogP contribution >= 0.6 is 0 Å². The second-order valence-electron chi connectivity index (χ2n) is 5.46. The molecule has 1 N–H and O–H groups in total. The SMILES string of the molecule is Cc1ccc(C2C(C(=O)O)C2(C)C)cc1C. The molecule has 1 aliphatic carbocycles. The van der Waals surface area contributed by atoms with Crippen LogP contribution in [0.1, 0.15) is 36.5 Å². The Morgan fingerprint density at radius 3 is 2.31 bits per heavy atom. The molecule has 0 saturated heterocycles. The van der Waals surface area contributed by atoms with Crippen molar-refractivity contribution in [3.63, 3.8) is 0 Å². The first-order chi connectivity index (χ1) is 7.35. The Morgan fingerprint density at radius 1 is 1.25 bits per heavy atom. The van der Waals surface area contributed by atoms with Gasteiger partial charge in [0.15, 0.2) is 0 Å². The maximum absolute atomic E-state index is 11.1. The summed E-state index contributed by atoms with van der Waals surface area (Å²) < 4.78 is 0. The third-order valence-corrected chi connectivity index (χ3v) is 3.98. The molecule has 86 valence electrons. The summed E-state index contributed by atoms with van der Waals surface area (Å²) in [5.41, 5.74) is 3.56. The highest BCUT2D eigenvalue weighted by Gasteiger charge is 2.62. The van der Waals surface area contributed by atoms with Crippen molar-refractivity contribution < 1.29 is 9.90 Å². The molecule has 1 aliphatic rings. The van der Waals surface area contributed by atoms with E-state index in [0.717, 1.165) is 0 Å². The number of carbonyl (C=O) groups is 1. The number of hydrogen-bond acceptors (Lipinski definition) is 1. The lowest BCUT2D eigenvalue weighted by Gasteiger charge is -2.06. The third kappa shape index (κ3) is 1.53. The van der Waals surface area contributed by atoms with Crippen molar-refractivity contribution in [2.24, 2.45) is 11.3 Å². The number of carboxylic acid groups (broad SMARTS) is 1. The minimum Gasteiger partial charge on any atom is -0.481 e. The van der Waals surface area contributed by atoms with E-state index in [1.54, 1.807) is 0 Å². The molecule has 1 aromatic rings. The molecule has 1 fully saturated rings. The van der Waals surface area contributed by atoms with E-state index < -0.39 is 5.97 Å². The predicted octanol–water partition coefficient (Wildman–Crippen LogP) is 3.13. The normalized spacial score (nSPS) is 26.5. The van der Waals surface area contributed by atoms with Crippen LogP contribution in [0.4, 0.5) is 0 Å². The maximum atomic E-state index is 11.1. The van der Waals surface area contributed by atoms with Gasteiger partial charge in [-0.15, -0.1) is 0 Å². The molecule has 0 bridgehead atoms. The zero-order valence-electron chi connectivity index (χ0n) is 10.2. The second-order valence-corrected chi connectivity index (χ2v) is 5.46. The molecule has 16 heavy (non-hydrogen) atoms. The maximum Gasteiger partial charge on any atom is 0.307 e. The number of rotatable bonds is 2. The van der Waals surface area contributed by atoms with Crippen molar-refractivity contribution >= 4 is 5.97 Å². The smallest absolute Gasteiger partial charge is 0.307 e. The van der Waals surface area contributed by atoms with Gasteiger partial charge in [0.2, 0.25) is 0 Å². The molecule has 0 radical (unpaired) electrons. The van der Waals surface area contributed by atoms with Crippen molar-refractivity contribution in [3.05, 3.63) is 34.9 Å². The largest absolute Gasteiger partial charge is 0.481 e. The van der Waals surface area contributed by atoms with Gasteiger partial charge in [-0.3, -0.25) is 4.79 Å². The lowest BCUT2D eigenvalue weighted by Crippen LogP contribution is -2.03. The number of aliphatic carboxylic acids is 1. The summed E-state index contributed by atoms with van der Waals surface area (Å²) in [5.74, 6) is -0.730. The minimum atomic E-state index is -0.673. The highest BCUT2D eigenvalue weighted by molar-refractivity contribution is 5.77. The highest BCUT2D eigenvalue weighted by atomic mass is 16.4. The van der Waals surface area contributed by atoms with Crippen LogP contribution in [0.3, 0.4) is 0 Å². The summed E-state index contributed by atoms with van der Waals surface area (Å²) in [6, 6.07) is 6.28. The molecule has 2 heteroatoms. The molecule has 0 aliphatic heterocycles. The van der Waals surface area contributed by atoms with Gasteiger partial charge in [-0.2, -0.15) is 0 Å². The van der Waals surface area contributed by atoms with Crippen molar-refractivity contribution in [1.82, 2.24) is 0 Å². The first-order valence-electron chi connectivity index (χ1n) is 5.65. The minimum absolute atomic E-state index is 0.104. The molecule has 2 atom stereocenters. The van der Waals surface area contributed by atoms with Gasteiger partial charge in [-0.1, -0.05) is 32.0 Å². The zero-order valence-corrected chi connectivity index (χ0v) is 10.2. The monoisotopic (exact) mass is 218 g/mol.